The predicted octanol–water partition coefficient (Wildman–Crippen LogP) is 4.44. The fourth-order valence-electron chi connectivity index (χ4n) is 2.41. The van der Waals surface area contributed by atoms with Crippen LogP contribution in [0.2, 0.25) is 0 Å². The Bertz CT molecular complexity index is 899. The topological polar surface area (TPSA) is 93.1 Å². The summed E-state index contributed by atoms with van der Waals surface area (Å²) in [4.78, 5) is 25.2. The number of carbonyl (C=O) groups excluding carboxylic acids is 2. The Kier molecular flexibility index (Phi) is 10.1. The van der Waals surface area contributed by atoms with E-state index in [-0.39, 0.29) is 35.0 Å². The van der Waals surface area contributed by atoms with Crippen molar-refractivity contribution in [3.05, 3.63) is 69.0 Å². The number of rotatable bonds is 12. The molecule has 0 aliphatic carbocycles. The number of ether oxygens (including phenoxy) is 2. The standard InChI is InChI=1S/C22H22O6S4/c23-15(13-31-21(25)19-6-2-8-29-19)11-27-17-4-1-5-18(10-17)28-12-16(24)14-32-22(26)20-7-3-9-30-20/h1-10,15-16,23-24H,11-14H2. The van der Waals surface area contributed by atoms with Crippen LogP contribution in [0, 0.1) is 0 Å². The molecule has 2 aromatic heterocycles. The number of hydrogen-bond acceptors (Lipinski definition) is 10. The maximum absolute atomic E-state index is 12.0. The number of aliphatic hydroxyl groups excluding tert-OH is 2. The molecular weight excluding hydrogens is 489 g/mol. The van der Waals surface area contributed by atoms with E-state index in [9.17, 15) is 19.8 Å². The lowest BCUT2D eigenvalue weighted by Crippen LogP contribution is -2.21. The monoisotopic (exact) mass is 510 g/mol. The quantitative estimate of drug-likeness (QED) is 0.370. The first kappa shape index (κ1) is 24.8. The van der Waals surface area contributed by atoms with Crippen molar-refractivity contribution in [3.63, 3.8) is 0 Å². The first-order valence-corrected chi connectivity index (χ1v) is 13.4. The second-order valence-corrected chi connectivity index (χ2v) is 10.4. The summed E-state index contributed by atoms with van der Waals surface area (Å²) in [6.45, 7) is 0.0799. The molecule has 2 heterocycles. The van der Waals surface area contributed by atoms with Crippen molar-refractivity contribution < 1.29 is 29.3 Å². The summed E-state index contributed by atoms with van der Waals surface area (Å²) in [5.41, 5.74) is 0. The molecule has 2 N–H and O–H groups in total. The third kappa shape index (κ3) is 8.27. The molecule has 10 heteroatoms. The lowest BCUT2D eigenvalue weighted by Gasteiger charge is -2.14. The minimum Gasteiger partial charge on any atom is -0.491 e. The van der Waals surface area contributed by atoms with Crippen LogP contribution in [0.15, 0.2) is 59.3 Å². The van der Waals surface area contributed by atoms with E-state index in [1.54, 1.807) is 36.4 Å². The van der Waals surface area contributed by atoms with Crippen molar-refractivity contribution in [2.45, 2.75) is 12.2 Å². The van der Waals surface area contributed by atoms with Crippen LogP contribution in [0.25, 0.3) is 0 Å². The summed E-state index contributed by atoms with van der Waals surface area (Å²) in [5.74, 6) is 1.49. The van der Waals surface area contributed by atoms with Gasteiger partial charge < -0.3 is 19.7 Å². The van der Waals surface area contributed by atoms with Crippen LogP contribution in [-0.2, 0) is 0 Å². The van der Waals surface area contributed by atoms with Gasteiger partial charge in [-0.3, -0.25) is 9.59 Å². The summed E-state index contributed by atoms with van der Waals surface area (Å²) in [6, 6.07) is 14.0. The summed E-state index contributed by atoms with van der Waals surface area (Å²) in [7, 11) is 0. The maximum atomic E-state index is 12.0. The molecule has 3 rings (SSSR count). The van der Waals surface area contributed by atoms with Gasteiger partial charge in [-0.1, -0.05) is 41.7 Å². The molecule has 0 spiro atoms. The van der Waals surface area contributed by atoms with Crippen molar-refractivity contribution in [2.75, 3.05) is 24.7 Å². The highest BCUT2D eigenvalue weighted by molar-refractivity contribution is 8.14. The van der Waals surface area contributed by atoms with E-state index in [2.05, 4.69) is 0 Å². The van der Waals surface area contributed by atoms with Gasteiger partial charge in [0.1, 0.15) is 24.7 Å². The van der Waals surface area contributed by atoms with Gasteiger partial charge in [0, 0.05) is 17.6 Å². The Balaban J connectivity index is 1.36. The van der Waals surface area contributed by atoms with Crippen LogP contribution >= 0.6 is 46.2 Å². The van der Waals surface area contributed by atoms with E-state index in [0.29, 0.717) is 21.3 Å². The first-order valence-electron chi connectivity index (χ1n) is 9.64. The van der Waals surface area contributed by atoms with Gasteiger partial charge in [0.2, 0.25) is 10.2 Å². The molecule has 170 valence electrons. The van der Waals surface area contributed by atoms with Crippen molar-refractivity contribution in [1.29, 1.82) is 0 Å². The molecular formula is C22H22O6S4. The number of aliphatic hydroxyl groups is 2. The molecule has 0 fully saturated rings. The zero-order valence-corrected chi connectivity index (χ0v) is 20.2. The molecule has 0 radical (unpaired) electrons. The Morgan fingerprint density at radius 1 is 0.781 bits per heavy atom. The Hall–Kier alpha value is -1.82. The van der Waals surface area contributed by atoms with Gasteiger partial charge in [0.05, 0.1) is 22.0 Å². The normalized spacial score (nSPS) is 12.8. The smallest absolute Gasteiger partial charge is 0.229 e. The summed E-state index contributed by atoms with van der Waals surface area (Å²) >= 11 is 4.87. The molecule has 0 aliphatic rings. The van der Waals surface area contributed by atoms with E-state index in [4.69, 9.17) is 9.47 Å². The number of hydrogen-bond donors (Lipinski definition) is 2. The second-order valence-electron chi connectivity index (χ2n) is 6.56. The van der Waals surface area contributed by atoms with E-state index in [0.717, 1.165) is 23.5 Å². The van der Waals surface area contributed by atoms with E-state index < -0.39 is 12.2 Å². The lowest BCUT2D eigenvalue weighted by molar-refractivity contribution is 0.107. The predicted molar refractivity (Wildman–Crippen MR) is 132 cm³/mol. The van der Waals surface area contributed by atoms with E-state index >= 15 is 0 Å². The van der Waals surface area contributed by atoms with Gasteiger partial charge in [-0.05, 0) is 35.0 Å². The molecule has 2 unspecified atom stereocenters. The summed E-state index contributed by atoms with van der Waals surface area (Å²) in [6.07, 6.45) is -1.60. The molecule has 0 saturated heterocycles. The number of carbonyl (C=O) groups is 2. The second kappa shape index (κ2) is 13.0. The van der Waals surface area contributed by atoms with Crippen molar-refractivity contribution in [3.8, 4) is 11.5 Å². The highest BCUT2D eigenvalue weighted by Crippen LogP contribution is 2.22. The third-order valence-electron chi connectivity index (χ3n) is 3.95. The Morgan fingerprint density at radius 2 is 1.25 bits per heavy atom. The van der Waals surface area contributed by atoms with Gasteiger partial charge >= 0.3 is 0 Å². The van der Waals surface area contributed by atoms with Crippen LogP contribution in [0.1, 0.15) is 19.3 Å². The average Bonchev–Trinajstić information content (AvgIpc) is 3.53. The molecule has 0 saturated carbocycles. The van der Waals surface area contributed by atoms with Gasteiger partial charge in [-0.25, -0.2) is 0 Å². The van der Waals surface area contributed by atoms with Crippen molar-refractivity contribution in [2.24, 2.45) is 0 Å². The van der Waals surface area contributed by atoms with Gasteiger partial charge in [0.25, 0.3) is 0 Å². The molecule has 0 amide bonds. The Labute approximate surface area is 202 Å². The minimum absolute atomic E-state index is 0.0400. The summed E-state index contributed by atoms with van der Waals surface area (Å²) < 4.78 is 11.2. The molecule has 32 heavy (non-hydrogen) atoms. The van der Waals surface area contributed by atoms with Crippen LogP contribution in [0.4, 0.5) is 0 Å². The largest absolute Gasteiger partial charge is 0.491 e. The van der Waals surface area contributed by atoms with E-state index in [1.807, 2.05) is 22.9 Å². The molecule has 3 aromatic rings. The lowest BCUT2D eigenvalue weighted by atomic mass is 10.3. The number of thiophene rings is 2. The highest BCUT2D eigenvalue weighted by Gasteiger charge is 2.14. The van der Waals surface area contributed by atoms with Gasteiger partial charge in [-0.2, -0.15) is 0 Å². The van der Waals surface area contributed by atoms with Crippen LogP contribution < -0.4 is 9.47 Å². The maximum Gasteiger partial charge on any atom is 0.229 e. The van der Waals surface area contributed by atoms with Crippen LogP contribution in [-0.4, -0.2) is 57.4 Å². The summed E-state index contributed by atoms with van der Waals surface area (Å²) in [5, 5.41) is 23.7. The number of thioether (sulfide) groups is 2. The zero-order valence-electron chi connectivity index (χ0n) is 16.9. The van der Waals surface area contributed by atoms with Gasteiger partial charge in [0.15, 0.2) is 0 Å². The third-order valence-corrected chi connectivity index (χ3v) is 8.01. The first-order chi connectivity index (χ1) is 15.5. The SMILES string of the molecule is O=C(SCC(O)COc1cccc(OCC(O)CSC(=O)c2cccs2)c1)c1cccs1. The van der Waals surface area contributed by atoms with E-state index in [1.165, 1.54) is 22.7 Å². The Morgan fingerprint density at radius 3 is 1.66 bits per heavy atom. The van der Waals surface area contributed by atoms with Gasteiger partial charge in [-0.15, -0.1) is 22.7 Å². The molecule has 0 bridgehead atoms. The minimum atomic E-state index is -0.798. The fraction of sp³-hybridized carbons (Fsp3) is 0.273. The highest BCUT2D eigenvalue weighted by atomic mass is 32.2. The van der Waals surface area contributed by atoms with Crippen LogP contribution in [0.3, 0.4) is 0 Å². The van der Waals surface area contributed by atoms with Crippen LogP contribution in [0.5, 0.6) is 11.5 Å². The molecule has 2 atom stereocenters. The molecule has 1 aromatic carbocycles. The fourth-order valence-corrected chi connectivity index (χ4v) is 5.47. The number of benzene rings is 1. The average molecular weight is 511 g/mol. The van der Waals surface area contributed by atoms with Crippen molar-refractivity contribution >= 4 is 56.4 Å². The molecule has 0 aliphatic heterocycles. The molecule has 6 nitrogen and oxygen atoms in total. The van der Waals surface area contributed by atoms with Crippen molar-refractivity contribution in [1.82, 2.24) is 0 Å². The zero-order chi connectivity index (χ0) is 22.8.